The molecule has 0 atom stereocenters. The normalized spacial score (nSPS) is 14.5. The summed E-state index contributed by atoms with van der Waals surface area (Å²) in [7, 11) is 1.69. The maximum absolute atomic E-state index is 13.7. The van der Waals surface area contributed by atoms with Crippen LogP contribution in [0.1, 0.15) is 29.5 Å². The van der Waals surface area contributed by atoms with Crippen molar-refractivity contribution in [3.8, 4) is 0 Å². The highest BCUT2D eigenvalue weighted by Crippen LogP contribution is 2.13. The van der Waals surface area contributed by atoms with E-state index in [4.69, 9.17) is 0 Å². The third kappa shape index (κ3) is 7.54. The minimum Gasteiger partial charge on any atom is -0.356 e. The number of nitrogens with zero attached hydrogens (tertiary/aromatic N) is 2. The molecule has 2 aromatic rings. The highest BCUT2D eigenvalue weighted by atomic mass is 127. The van der Waals surface area contributed by atoms with Crippen LogP contribution in [0.4, 0.5) is 8.78 Å². The van der Waals surface area contributed by atoms with Crippen molar-refractivity contribution >= 4 is 29.9 Å². The van der Waals surface area contributed by atoms with E-state index in [-0.39, 0.29) is 29.8 Å². The fourth-order valence-corrected chi connectivity index (χ4v) is 3.42. The summed E-state index contributed by atoms with van der Waals surface area (Å²) in [5.41, 5.74) is 2.87. The number of aliphatic imine (C=N–C) groups is 1. The molecular formula is C22H29F2IN4. The summed E-state index contributed by atoms with van der Waals surface area (Å²) >= 11 is 0. The number of halogens is 3. The molecule has 1 saturated heterocycles. The molecule has 158 valence electrons. The van der Waals surface area contributed by atoms with Crippen LogP contribution in [0, 0.1) is 11.6 Å². The standard InChI is InChI=1S/C22H28F2N4.HI/c1-25-22(26-11-10-19-14-20(23)8-9-21(19)24)27-15-17-4-6-18(7-5-17)16-28-12-2-3-13-28;/h4-9,14H,2-3,10-13,15-16H2,1H3,(H2,25,26,27);1H. The van der Waals surface area contributed by atoms with Crippen molar-refractivity contribution in [2.24, 2.45) is 4.99 Å². The number of rotatable bonds is 7. The predicted molar refractivity (Wildman–Crippen MR) is 125 cm³/mol. The van der Waals surface area contributed by atoms with Gasteiger partial charge in [0.05, 0.1) is 0 Å². The average Bonchev–Trinajstić information content (AvgIpc) is 3.21. The maximum atomic E-state index is 13.7. The molecule has 29 heavy (non-hydrogen) atoms. The van der Waals surface area contributed by atoms with Gasteiger partial charge < -0.3 is 10.6 Å². The number of nitrogens with one attached hydrogen (secondary N) is 2. The van der Waals surface area contributed by atoms with E-state index in [0.717, 1.165) is 18.7 Å². The van der Waals surface area contributed by atoms with Crippen LogP contribution in [0.25, 0.3) is 0 Å². The summed E-state index contributed by atoms with van der Waals surface area (Å²) in [6.45, 7) is 4.54. The minimum atomic E-state index is -0.424. The number of guanidine groups is 1. The minimum absolute atomic E-state index is 0. The van der Waals surface area contributed by atoms with E-state index < -0.39 is 5.82 Å². The summed E-state index contributed by atoms with van der Waals surface area (Å²) in [5.74, 6) is -0.176. The first kappa shape index (κ1) is 23.5. The summed E-state index contributed by atoms with van der Waals surface area (Å²) in [6, 6.07) is 12.1. The molecule has 1 fully saturated rings. The largest absolute Gasteiger partial charge is 0.356 e. The molecule has 4 nitrogen and oxygen atoms in total. The quantitative estimate of drug-likeness (QED) is 0.333. The van der Waals surface area contributed by atoms with E-state index >= 15 is 0 Å². The number of likely N-dealkylation sites (tertiary alicyclic amines) is 1. The molecule has 0 spiro atoms. The molecular weight excluding hydrogens is 485 g/mol. The van der Waals surface area contributed by atoms with Crippen LogP contribution in [-0.4, -0.2) is 37.5 Å². The average molecular weight is 514 g/mol. The van der Waals surface area contributed by atoms with Crippen LogP contribution in [0.2, 0.25) is 0 Å². The van der Waals surface area contributed by atoms with Gasteiger partial charge >= 0.3 is 0 Å². The zero-order chi connectivity index (χ0) is 19.8. The van der Waals surface area contributed by atoms with Gasteiger partial charge in [0.25, 0.3) is 0 Å². The first-order valence-corrected chi connectivity index (χ1v) is 9.82. The second-order valence-electron chi connectivity index (χ2n) is 7.14. The molecule has 2 aromatic carbocycles. The summed E-state index contributed by atoms with van der Waals surface area (Å²) < 4.78 is 26.9. The van der Waals surface area contributed by atoms with Crippen molar-refractivity contribution in [3.05, 3.63) is 70.8 Å². The second-order valence-corrected chi connectivity index (χ2v) is 7.14. The van der Waals surface area contributed by atoms with Crippen LogP contribution in [-0.2, 0) is 19.5 Å². The fourth-order valence-electron chi connectivity index (χ4n) is 3.42. The first-order chi connectivity index (χ1) is 13.6. The molecule has 0 aromatic heterocycles. The van der Waals surface area contributed by atoms with Gasteiger partial charge in [0, 0.05) is 26.7 Å². The van der Waals surface area contributed by atoms with E-state index in [1.807, 2.05) is 0 Å². The van der Waals surface area contributed by atoms with E-state index in [9.17, 15) is 8.78 Å². The van der Waals surface area contributed by atoms with E-state index in [0.29, 0.717) is 31.0 Å². The number of hydrogen-bond donors (Lipinski definition) is 2. The van der Waals surface area contributed by atoms with Gasteiger partial charge in [-0.1, -0.05) is 24.3 Å². The topological polar surface area (TPSA) is 39.7 Å². The molecule has 2 N–H and O–H groups in total. The Morgan fingerprint density at radius 1 is 1.00 bits per heavy atom. The summed E-state index contributed by atoms with van der Waals surface area (Å²) in [6.07, 6.45) is 3.00. The SMILES string of the molecule is CN=C(NCCc1cc(F)ccc1F)NCc1ccc(CN2CCCC2)cc1.I. The lowest BCUT2D eigenvalue weighted by atomic mass is 10.1. The molecule has 0 saturated carbocycles. The zero-order valence-corrected chi connectivity index (χ0v) is 19.1. The van der Waals surface area contributed by atoms with Gasteiger partial charge in [0.2, 0.25) is 0 Å². The molecule has 7 heteroatoms. The zero-order valence-electron chi connectivity index (χ0n) is 16.8. The Kier molecular flexibility index (Phi) is 9.80. The van der Waals surface area contributed by atoms with Gasteiger partial charge in [0.15, 0.2) is 5.96 Å². The molecule has 0 amide bonds. The van der Waals surface area contributed by atoms with Crippen molar-refractivity contribution in [2.75, 3.05) is 26.7 Å². The smallest absolute Gasteiger partial charge is 0.191 e. The van der Waals surface area contributed by atoms with Crippen molar-refractivity contribution in [3.63, 3.8) is 0 Å². The van der Waals surface area contributed by atoms with Crippen molar-refractivity contribution < 1.29 is 8.78 Å². The number of hydrogen-bond acceptors (Lipinski definition) is 2. The highest BCUT2D eigenvalue weighted by molar-refractivity contribution is 14.0. The van der Waals surface area contributed by atoms with E-state index in [1.54, 1.807) is 7.05 Å². The third-order valence-corrected chi connectivity index (χ3v) is 5.01. The monoisotopic (exact) mass is 514 g/mol. The summed E-state index contributed by atoms with van der Waals surface area (Å²) in [5, 5.41) is 6.39. The van der Waals surface area contributed by atoms with Gasteiger partial charge in [-0.15, -0.1) is 24.0 Å². The van der Waals surface area contributed by atoms with Gasteiger partial charge in [-0.3, -0.25) is 9.89 Å². The predicted octanol–water partition coefficient (Wildman–Crippen LogP) is 4.09. The van der Waals surface area contributed by atoms with Gasteiger partial charge in [-0.2, -0.15) is 0 Å². The maximum Gasteiger partial charge on any atom is 0.191 e. The molecule has 0 unspecified atom stereocenters. The van der Waals surface area contributed by atoms with Crippen molar-refractivity contribution in [1.82, 2.24) is 15.5 Å². The van der Waals surface area contributed by atoms with E-state index in [1.165, 1.54) is 43.1 Å². The van der Waals surface area contributed by atoms with Crippen LogP contribution < -0.4 is 10.6 Å². The van der Waals surface area contributed by atoms with Crippen LogP contribution >= 0.6 is 24.0 Å². The second kappa shape index (κ2) is 12.1. The highest BCUT2D eigenvalue weighted by Gasteiger charge is 2.11. The Balaban J connectivity index is 0.00000300. The molecule has 0 bridgehead atoms. The molecule has 1 aliphatic rings. The Hall–Kier alpha value is -1.74. The van der Waals surface area contributed by atoms with Crippen molar-refractivity contribution in [2.45, 2.75) is 32.4 Å². The van der Waals surface area contributed by atoms with Crippen LogP contribution in [0.3, 0.4) is 0 Å². The molecule has 0 radical (unpaired) electrons. The Morgan fingerprint density at radius 2 is 1.69 bits per heavy atom. The molecule has 3 rings (SSSR count). The lowest BCUT2D eigenvalue weighted by Gasteiger charge is -2.15. The Labute approximate surface area is 188 Å². The van der Waals surface area contributed by atoms with Crippen LogP contribution in [0.15, 0.2) is 47.5 Å². The Bertz CT molecular complexity index is 790. The lowest BCUT2D eigenvalue weighted by Crippen LogP contribution is -2.37. The van der Waals surface area contributed by atoms with Gasteiger partial charge in [-0.25, -0.2) is 8.78 Å². The molecule has 1 heterocycles. The molecule has 0 aliphatic carbocycles. The molecule has 1 aliphatic heterocycles. The van der Waals surface area contributed by atoms with Gasteiger partial charge in [-0.05, 0) is 67.2 Å². The third-order valence-electron chi connectivity index (χ3n) is 5.01. The van der Waals surface area contributed by atoms with Crippen molar-refractivity contribution in [1.29, 1.82) is 0 Å². The Morgan fingerprint density at radius 3 is 2.38 bits per heavy atom. The number of benzene rings is 2. The summed E-state index contributed by atoms with van der Waals surface area (Å²) in [4.78, 5) is 6.67. The lowest BCUT2D eigenvalue weighted by molar-refractivity contribution is 0.331. The van der Waals surface area contributed by atoms with Crippen LogP contribution in [0.5, 0.6) is 0 Å². The fraction of sp³-hybridized carbons (Fsp3) is 0.409. The van der Waals surface area contributed by atoms with E-state index in [2.05, 4.69) is 44.8 Å². The van der Waals surface area contributed by atoms with Gasteiger partial charge in [0.1, 0.15) is 11.6 Å². The first-order valence-electron chi connectivity index (χ1n) is 9.82.